The zero-order valence-corrected chi connectivity index (χ0v) is 11.5. The van der Waals surface area contributed by atoms with Crippen molar-refractivity contribution in [2.75, 3.05) is 23.7 Å². The Labute approximate surface area is 124 Å². The number of amides is 1. The summed E-state index contributed by atoms with van der Waals surface area (Å²) in [5.41, 5.74) is 14.4. The van der Waals surface area contributed by atoms with Crippen LogP contribution in [-0.4, -0.2) is 29.0 Å². The standard InChI is InChI=1S/C13H12FN7O/c14-8-2-1-3-9-11(8)12(19-13(15)18-9)21-6-7(4-10(21)22)5-17-20-16/h1-3,7H,4-6H2,(H2,15,18,19). The molecule has 1 fully saturated rings. The normalized spacial score (nSPS) is 17.8. The van der Waals surface area contributed by atoms with Crippen LogP contribution in [0.5, 0.6) is 0 Å². The summed E-state index contributed by atoms with van der Waals surface area (Å²) in [5, 5.41) is 3.65. The maximum absolute atomic E-state index is 14.1. The highest BCUT2D eigenvalue weighted by molar-refractivity contribution is 6.03. The lowest BCUT2D eigenvalue weighted by Gasteiger charge is -2.18. The topological polar surface area (TPSA) is 121 Å². The monoisotopic (exact) mass is 301 g/mol. The Kier molecular flexibility index (Phi) is 3.48. The van der Waals surface area contributed by atoms with Gasteiger partial charge in [0.25, 0.3) is 0 Å². The molecule has 2 heterocycles. The van der Waals surface area contributed by atoms with Crippen molar-refractivity contribution >= 4 is 28.6 Å². The van der Waals surface area contributed by atoms with E-state index in [2.05, 4.69) is 20.0 Å². The van der Waals surface area contributed by atoms with Crippen LogP contribution in [0.2, 0.25) is 0 Å². The van der Waals surface area contributed by atoms with Crippen LogP contribution in [0.4, 0.5) is 16.2 Å². The summed E-state index contributed by atoms with van der Waals surface area (Å²) in [6.45, 7) is 0.511. The average Bonchev–Trinajstić information content (AvgIpc) is 2.85. The van der Waals surface area contributed by atoms with Crippen LogP contribution < -0.4 is 10.6 Å². The number of fused-ring (bicyclic) bond motifs is 1. The first-order chi connectivity index (χ1) is 10.6. The first-order valence-corrected chi connectivity index (χ1v) is 6.63. The molecule has 1 saturated heterocycles. The van der Waals surface area contributed by atoms with Crippen LogP contribution in [0, 0.1) is 11.7 Å². The van der Waals surface area contributed by atoms with Crippen LogP contribution in [-0.2, 0) is 4.79 Å². The van der Waals surface area contributed by atoms with E-state index in [0.717, 1.165) is 0 Å². The lowest BCUT2D eigenvalue weighted by molar-refractivity contribution is -0.117. The Morgan fingerprint density at radius 3 is 3.09 bits per heavy atom. The van der Waals surface area contributed by atoms with Gasteiger partial charge in [-0.05, 0) is 23.6 Å². The van der Waals surface area contributed by atoms with Crippen molar-refractivity contribution in [2.45, 2.75) is 6.42 Å². The van der Waals surface area contributed by atoms with Gasteiger partial charge >= 0.3 is 0 Å². The number of anilines is 2. The SMILES string of the molecule is [N-]=[N+]=NCC1CC(=O)N(c2nc(N)nc3cccc(F)c23)C1. The highest BCUT2D eigenvalue weighted by Gasteiger charge is 2.32. The van der Waals surface area contributed by atoms with E-state index < -0.39 is 5.82 Å². The largest absolute Gasteiger partial charge is 0.368 e. The summed E-state index contributed by atoms with van der Waals surface area (Å²) in [4.78, 5) is 24.3. The Morgan fingerprint density at radius 2 is 2.32 bits per heavy atom. The second-order valence-corrected chi connectivity index (χ2v) is 5.03. The van der Waals surface area contributed by atoms with Crippen LogP contribution in [0.3, 0.4) is 0 Å². The van der Waals surface area contributed by atoms with E-state index in [-0.39, 0.29) is 41.9 Å². The predicted molar refractivity (Wildman–Crippen MR) is 78.4 cm³/mol. The van der Waals surface area contributed by atoms with Gasteiger partial charge in [-0.1, -0.05) is 11.2 Å². The van der Waals surface area contributed by atoms with Crippen molar-refractivity contribution in [1.29, 1.82) is 0 Å². The lowest BCUT2D eigenvalue weighted by Crippen LogP contribution is -2.26. The Bertz CT molecular complexity index is 802. The maximum atomic E-state index is 14.1. The molecular formula is C13H12FN7O. The van der Waals surface area contributed by atoms with Crippen molar-refractivity contribution in [3.8, 4) is 0 Å². The van der Waals surface area contributed by atoms with E-state index in [9.17, 15) is 9.18 Å². The fourth-order valence-electron chi connectivity index (χ4n) is 2.60. The maximum Gasteiger partial charge on any atom is 0.228 e. The van der Waals surface area contributed by atoms with Gasteiger partial charge in [0.2, 0.25) is 11.9 Å². The van der Waals surface area contributed by atoms with Gasteiger partial charge in [0.15, 0.2) is 5.82 Å². The van der Waals surface area contributed by atoms with E-state index in [1.54, 1.807) is 6.07 Å². The molecule has 22 heavy (non-hydrogen) atoms. The van der Waals surface area contributed by atoms with Gasteiger partial charge in [0, 0.05) is 24.4 Å². The molecule has 1 atom stereocenters. The third-order valence-corrected chi connectivity index (χ3v) is 3.53. The molecular weight excluding hydrogens is 289 g/mol. The molecule has 0 saturated carbocycles. The summed E-state index contributed by atoms with van der Waals surface area (Å²) >= 11 is 0. The number of nitrogens with two attached hydrogens (primary N) is 1. The van der Waals surface area contributed by atoms with Crippen molar-refractivity contribution < 1.29 is 9.18 Å². The first-order valence-electron chi connectivity index (χ1n) is 6.63. The number of carbonyl (C=O) groups excluding carboxylic acids is 1. The summed E-state index contributed by atoms with van der Waals surface area (Å²) in [5.74, 6) is -0.713. The van der Waals surface area contributed by atoms with Crippen LogP contribution in [0.1, 0.15) is 6.42 Å². The van der Waals surface area contributed by atoms with Gasteiger partial charge in [-0.2, -0.15) is 4.98 Å². The summed E-state index contributed by atoms with van der Waals surface area (Å²) in [7, 11) is 0. The molecule has 9 heteroatoms. The highest BCUT2D eigenvalue weighted by Crippen LogP contribution is 2.31. The molecule has 1 aliphatic rings. The van der Waals surface area contributed by atoms with Gasteiger partial charge < -0.3 is 5.73 Å². The molecule has 0 radical (unpaired) electrons. The summed E-state index contributed by atoms with van der Waals surface area (Å²) in [6.07, 6.45) is 0.221. The van der Waals surface area contributed by atoms with Crippen molar-refractivity contribution in [1.82, 2.24) is 9.97 Å². The average molecular weight is 301 g/mol. The molecule has 1 amide bonds. The molecule has 1 aliphatic heterocycles. The molecule has 1 aromatic carbocycles. The highest BCUT2D eigenvalue weighted by atomic mass is 19.1. The Balaban J connectivity index is 2.06. The Hall–Kier alpha value is -2.93. The molecule has 3 rings (SSSR count). The molecule has 2 aromatic rings. The van der Waals surface area contributed by atoms with Gasteiger partial charge in [-0.15, -0.1) is 0 Å². The third-order valence-electron chi connectivity index (χ3n) is 3.53. The predicted octanol–water partition coefficient (Wildman–Crippen LogP) is 2.01. The van der Waals surface area contributed by atoms with E-state index in [4.69, 9.17) is 11.3 Å². The van der Waals surface area contributed by atoms with Crippen LogP contribution in [0.25, 0.3) is 21.3 Å². The molecule has 2 N–H and O–H groups in total. The second-order valence-electron chi connectivity index (χ2n) is 5.03. The molecule has 0 spiro atoms. The van der Waals surface area contributed by atoms with E-state index in [1.807, 2.05) is 0 Å². The van der Waals surface area contributed by atoms with Crippen molar-refractivity contribution in [3.05, 3.63) is 34.5 Å². The van der Waals surface area contributed by atoms with E-state index in [0.29, 0.717) is 12.1 Å². The van der Waals surface area contributed by atoms with Gasteiger partial charge in [-0.25, -0.2) is 9.37 Å². The van der Waals surface area contributed by atoms with Crippen LogP contribution >= 0.6 is 0 Å². The zero-order chi connectivity index (χ0) is 15.7. The number of halogens is 1. The van der Waals surface area contributed by atoms with Crippen molar-refractivity contribution in [3.63, 3.8) is 0 Å². The smallest absolute Gasteiger partial charge is 0.228 e. The minimum Gasteiger partial charge on any atom is -0.368 e. The molecule has 0 bridgehead atoms. The number of azide groups is 1. The minimum atomic E-state index is -0.515. The number of carbonyl (C=O) groups is 1. The molecule has 1 unspecified atom stereocenters. The number of hydrogen-bond donors (Lipinski definition) is 1. The molecule has 0 aliphatic carbocycles. The van der Waals surface area contributed by atoms with Crippen LogP contribution in [0.15, 0.2) is 23.3 Å². The van der Waals surface area contributed by atoms with E-state index in [1.165, 1.54) is 17.0 Å². The molecule has 1 aromatic heterocycles. The van der Waals surface area contributed by atoms with Gasteiger partial charge in [-0.3, -0.25) is 9.69 Å². The quantitative estimate of drug-likeness (QED) is 0.529. The van der Waals surface area contributed by atoms with Crippen molar-refractivity contribution in [2.24, 2.45) is 11.0 Å². The zero-order valence-electron chi connectivity index (χ0n) is 11.5. The fourth-order valence-corrected chi connectivity index (χ4v) is 2.60. The van der Waals surface area contributed by atoms with Gasteiger partial charge in [0.1, 0.15) is 5.82 Å². The second kappa shape index (κ2) is 5.45. The number of nitrogens with zero attached hydrogens (tertiary/aromatic N) is 6. The lowest BCUT2D eigenvalue weighted by atomic mass is 10.1. The van der Waals surface area contributed by atoms with E-state index >= 15 is 0 Å². The first kappa shape index (κ1) is 14.0. The summed E-state index contributed by atoms with van der Waals surface area (Å²) < 4.78 is 14.1. The minimum absolute atomic E-state index is 0.0283. The number of benzene rings is 1. The number of aromatic nitrogens is 2. The number of hydrogen-bond acceptors (Lipinski definition) is 5. The van der Waals surface area contributed by atoms with Gasteiger partial charge in [0.05, 0.1) is 10.9 Å². The Morgan fingerprint density at radius 1 is 1.50 bits per heavy atom. The number of rotatable bonds is 3. The molecule has 112 valence electrons. The third kappa shape index (κ3) is 2.38. The fraction of sp³-hybridized carbons (Fsp3) is 0.308. The molecule has 8 nitrogen and oxygen atoms in total. The number of nitrogen functional groups attached to an aromatic ring is 1. The summed E-state index contributed by atoms with van der Waals surface area (Å²) in [6, 6.07) is 4.41.